The molecule has 14 heavy (non-hydrogen) atoms. The number of halogens is 1. The zero-order valence-electron chi connectivity index (χ0n) is 8.00. The molecular weight excluding hydrogens is 204 g/mol. The van der Waals surface area contributed by atoms with Crippen LogP contribution < -0.4 is 5.32 Å². The molecule has 0 aliphatic rings. The molecule has 1 aromatic heterocycles. The minimum absolute atomic E-state index is 0.253. The molecule has 0 saturated carbocycles. The molecule has 0 aliphatic carbocycles. The Balaban J connectivity index is 2.75. The highest BCUT2D eigenvalue weighted by molar-refractivity contribution is 6.32. The molecule has 0 bridgehead atoms. The molecule has 0 atom stereocenters. The van der Waals surface area contributed by atoms with E-state index in [0.29, 0.717) is 12.3 Å². The molecule has 0 unspecified atom stereocenters. The summed E-state index contributed by atoms with van der Waals surface area (Å²) >= 11 is 5.76. The van der Waals surface area contributed by atoms with Crippen molar-refractivity contribution in [2.75, 3.05) is 11.9 Å². The third-order valence-corrected chi connectivity index (χ3v) is 1.79. The number of amides is 1. The number of rotatable bonds is 2. The van der Waals surface area contributed by atoms with Gasteiger partial charge >= 0.3 is 6.09 Å². The minimum Gasteiger partial charge on any atom is -0.450 e. The number of carbonyl (C=O) groups is 1. The fraction of sp³-hybridized carbons (Fsp3) is 0.333. The van der Waals surface area contributed by atoms with E-state index >= 15 is 0 Å². The van der Waals surface area contributed by atoms with E-state index in [1.165, 1.54) is 0 Å². The first-order chi connectivity index (χ1) is 6.63. The van der Waals surface area contributed by atoms with Gasteiger partial charge in [-0.05, 0) is 25.5 Å². The molecule has 5 heteroatoms. The molecule has 0 aliphatic heterocycles. The maximum atomic E-state index is 11.1. The average Bonchev–Trinajstić information content (AvgIpc) is 2.12. The van der Waals surface area contributed by atoms with E-state index in [1.807, 2.05) is 6.92 Å². The number of hydrogen-bond donors (Lipinski definition) is 1. The number of nitrogens with zero attached hydrogens (tertiary/aromatic N) is 1. The minimum atomic E-state index is -0.526. The molecule has 0 saturated heterocycles. The largest absolute Gasteiger partial charge is 0.450 e. The number of nitrogens with one attached hydrogen (secondary N) is 1. The lowest BCUT2D eigenvalue weighted by molar-refractivity contribution is 0.168. The molecule has 0 aromatic carbocycles. The maximum Gasteiger partial charge on any atom is 0.411 e. The van der Waals surface area contributed by atoms with Crippen LogP contribution >= 0.6 is 11.6 Å². The van der Waals surface area contributed by atoms with E-state index in [4.69, 9.17) is 16.3 Å². The van der Waals surface area contributed by atoms with E-state index in [1.54, 1.807) is 19.2 Å². The van der Waals surface area contributed by atoms with E-state index < -0.39 is 6.09 Å². The van der Waals surface area contributed by atoms with Gasteiger partial charge in [0.2, 0.25) is 0 Å². The highest BCUT2D eigenvalue weighted by Crippen LogP contribution is 2.19. The van der Waals surface area contributed by atoms with Crippen LogP contribution in [-0.4, -0.2) is 17.7 Å². The summed E-state index contributed by atoms with van der Waals surface area (Å²) < 4.78 is 4.70. The van der Waals surface area contributed by atoms with E-state index in [2.05, 4.69) is 10.3 Å². The molecule has 0 radical (unpaired) electrons. The van der Waals surface area contributed by atoms with Crippen molar-refractivity contribution in [2.24, 2.45) is 0 Å². The van der Waals surface area contributed by atoms with Crippen molar-refractivity contribution < 1.29 is 9.53 Å². The van der Waals surface area contributed by atoms with Gasteiger partial charge in [0.15, 0.2) is 5.15 Å². The van der Waals surface area contributed by atoms with Crippen molar-refractivity contribution in [3.05, 3.63) is 23.0 Å². The Kier molecular flexibility index (Phi) is 3.71. The number of carbonyl (C=O) groups excluding carboxylic acids is 1. The molecule has 0 fully saturated rings. The summed E-state index contributed by atoms with van der Waals surface area (Å²) in [4.78, 5) is 14.9. The molecule has 1 heterocycles. The van der Waals surface area contributed by atoms with E-state index in [9.17, 15) is 4.79 Å². The van der Waals surface area contributed by atoms with Gasteiger partial charge in [-0.3, -0.25) is 5.32 Å². The summed E-state index contributed by atoms with van der Waals surface area (Å²) in [5.41, 5.74) is 1.38. The molecule has 1 aromatic rings. The first-order valence-corrected chi connectivity index (χ1v) is 4.57. The van der Waals surface area contributed by atoms with Crippen molar-refractivity contribution >= 4 is 23.4 Å². The van der Waals surface area contributed by atoms with Crippen LogP contribution in [0.1, 0.15) is 12.5 Å². The van der Waals surface area contributed by atoms with Gasteiger partial charge in [0.1, 0.15) is 0 Å². The summed E-state index contributed by atoms with van der Waals surface area (Å²) in [5, 5.41) is 2.75. The van der Waals surface area contributed by atoms with Gasteiger partial charge in [-0.1, -0.05) is 11.6 Å². The van der Waals surface area contributed by atoms with Gasteiger partial charge in [-0.2, -0.15) is 0 Å². The van der Waals surface area contributed by atoms with Crippen molar-refractivity contribution in [1.82, 2.24) is 4.98 Å². The van der Waals surface area contributed by atoms with Gasteiger partial charge in [-0.25, -0.2) is 9.78 Å². The van der Waals surface area contributed by atoms with Crippen LogP contribution in [0.15, 0.2) is 12.3 Å². The van der Waals surface area contributed by atoms with Crippen LogP contribution in [0.4, 0.5) is 10.5 Å². The smallest absolute Gasteiger partial charge is 0.411 e. The zero-order valence-corrected chi connectivity index (χ0v) is 8.76. The number of ether oxygens (including phenoxy) is 1. The van der Waals surface area contributed by atoms with Crippen molar-refractivity contribution in [2.45, 2.75) is 13.8 Å². The molecule has 1 rings (SSSR count). The summed E-state index contributed by atoms with van der Waals surface area (Å²) in [7, 11) is 0. The fourth-order valence-corrected chi connectivity index (χ4v) is 1.07. The SMILES string of the molecule is CCOC(=O)Nc1cc(C)cnc1Cl. The molecule has 1 N–H and O–H groups in total. The average molecular weight is 215 g/mol. The second-order valence-electron chi connectivity index (χ2n) is 2.70. The van der Waals surface area contributed by atoms with Gasteiger partial charge in [0.05, 0.1) is 12.3 Å². The lowest BCUT2D eigenvalue weighted by Crippen LogP contribution is -2.13. The summed E-state index contributed by atoms with van der Waals surface area (Å²) in [6, 6.07) is 1.73. The molecule has 1 amide bonds. The normalized spacial score (nSPS) is 9.64. The van der Waals surface area contributed by atoms with Gasteiger partial charge < -0.3 is 4.74 Å². The van der Waals surface area contributed by atoms with Crippen LogP contribution in [0.2, 0.25) is 5.15 Å². The Bertz CT molecular complexity index is 342. The number of hydrogen-bond acceptors (Lipinski definition) is 3. The highest BCUT2D eigenvalue weighted by atomic mass is 35.5. The van der Waals surface area contributed by atoms with Crippen LogP contribution in [0.3, 0.4) is 0 Å². The monoisotopic (exact) mass is 214 g/mol. The fourth-order valence-electron chi connectivity index (χ4n) is 0.917. The molecule has 0 spiro atoms. The number of pyridine rings is 1. The van der Waals surface area contributed by atoms with Crippen LogP contribution in [0.25, 0.3) is 0 Å². The Morgan fingerprint density at radius 2 is 2.43 bits per heavy atom. The molecular formula is C9H11ClN2O2. The summed E-state index contributed by atoms with van der Waals surface area (Å²) in [6.45, 7) is 3.91. The lowest BCUT2D eigenvalue weighted by atomic mass is 10.3. The van der Waals surface area contributed by atoms with E-state index in [-0.39, 0.29) is 5.15 Å². The predicted molar refractivity (Wildman–Crippen MR) is 54.6 cm³/mol. The summed E-state index contributed by atoms with van der Waals surface area (Å²) in [5.74, 6) is 0. The maximum absolute atomic E-state index is 11.1. The van der Waals surface area contributed by atoms with Crippen molar-refractivity contribution in [3.8, 4) is 0 Å². The first kappa shape index (κ1) is 10.8. The molecule has 4 nitrogen and oxygen atoms in total. The van der Waals surface area contributed by atoms with Crippen molar-refractivity contribution in [1.29, 1.82) is 0 Å². The Labute approximate surface area is 87.2 Å². The summed E-state index contributed by atoms with van der Waals surface area (Å²) in [6.07, 6.45) is 1.10. The quantitative estimate of drug-likeness (QED) is 0.770. The second kappa shape index (κ2) is 4.81. The number of aromatic nitrogens is 1. The van der Waals surface area contributed by atoms with Gasteiger partial charge in [0.25, 0.3) is 0 Å². The predicted octanol–water partition coefficient (Wildman–Crippen LogP) is 2.61. The second-order valence-corrected chi connectivity index (χ2v) is 3.05. The van der Waals surface area contributed by atoms with E-state index in [0.717, 1.165) is 5.56 Å². The third kappa shape index (κ3) is 2.88. The Morgan fingerprint density at radius 1 is 1.71 bits per heavy atom. The van der Waals surface area contributed by atoms with Crippen LogP contribution in [0.5, 0.6) is 0 Å². The van der Waals surface area contributed by atoms with Crippen LogP contribution in [-0.2, 0) is 4.74 Å². The topological polar surface area (TPSA) is 51.2 Å². The standard InChI is InChI=1S/C9H11ClN2O2/c1-3-14-9(13)12-7-4-6(2)5-11-8(7)10/h4-5H,3H2,1-2H3,(H,12,13). The third-order valence-electron chi connectivity index (χ3n) is 1.49. The first-order valence-electron chi connectivity index (χ1n) is 4.19. The number of anilines is 1. The van der Waals surface area contributed by atoms with Gasteiger partial charge in [-0.15, -0.1) is 0 Å². The highest BCUT2D eigenvalue weighted by Gasteiger charge is 2.06. The Morgan fingerprint density at radius 3 is 3.07 bits per heavy atom. The molecule has 76 valence electrons. The van der Waals surface area contributed by atoms with Crippen LogP contribution in [0, 0.1) is 6.92 Å². The van der Waals surface area contributed by atoms with Crippen molar-refractivity contribution in [3.63, 3.8) is 0 Å². The zero-order chi connectivity index (χ0) is 10.6. The Hall–Kier alpha value is -1.29. The van der Waals surface area contributed by atoms with Gasteiger partial charge in [0, 0.05) is 6.20 Å². The number of aryl methyl sites for hydroxylation is 1. The lowest BCUT2D eigenvalue weighted by Gasteiger charge is -2.06.